The van der Waals surface area contributed by atoms with Crippen molar-refractivity contribution in [2.75, 3.05) is 0 Å². The summed E-state index contributed by atoms with van der Waals surface area (Å²) in [4.78, 5) is 21.8. The molecule has 2 rings (SSSR count). The van der Waals surface area contributed by atoms with Gasteiger partial charge in [-0.15, -0.1) is 0 Å². The molecule has 0 aromatic carbocycles. The summed E-state index contributed by atoms with van der Waals surface area (Å²) in [5, 5.41) is 9.36. The summed E-state index contributed by atoms with van der Waals surface area (Å²) in [5.74, 6) is 0.0686. The van der Waals surface area contributed by atoms with Crippen molar-refractivity contribution in [3.63, 3.8) is 0 Å². The van der Waals surface area contributed by atoms with Crippen LogP contribution in [0.25, 0.3) is 0 Å². The minimum absolute atomic E-state index is 0.0391. The Hall–Kier alpha value is -1.69. The molecule has 0 saturated heterocycles. The van der Waals surface area contributed by atoms with Crippen molar-refractivity contribution in [3.8, 4) is 5.88 Å². The molecule has 6 heteroatoms. The quantitative estimate of drug-likeness (QED) is 0.868. The van der Waals surface area contributed by atoms with Crippen molar-refractivity contribution >= 4 is 15.9 Å². The molecule has 0 atom stereocenters. The molecule has 82 valence electrons. The van der Waals surface area contributed by atoms with E-state index in [1.807, 2.05) is 12.1 Å². The fourth-order valence-corrected chi connectivity index (χ4v) is 1.44. The van der Waals surface area contributed by atoms with E-state index >= 15 is 0 Å². The normalized spacial score (nSPS) is 10.3. The van der Waals surface area contributed by atoms with Crippen LogP contribution in [0.15, 0.2) is 33.7 Å². The predicted molar refractivity (Wildman–Crippen MR) is 61.3 cm³/mol. The first-order chi connectivity index (χ1) is 7.66. The average molecular weight is 282 g/mol. The van der Waals surface area contributed by atoms with Gasteiger partial charge in [0.15, 0.2) is 0 Å². The molecule has 0 aliphatic carbocycles. The molecule has 0 saturated carbocycles. The minimum atomic E-state index is -0.404. The Morgan fingerprint density at radius 3 is 2.88 bits per heavy atom. The lowest BCUT2D eigenvalue weighted by atomic mass is 10.2. The number of halogens is 1. The molecule has 0 aliphatic rings. The Balaban J connectivity index is 2.33. The van der Waals surface area contributed by atoms with Gasteiger partial charge < -0.3 is 10.1 Å². The molecule has 2 aromatic heterocycles. The highest BCUT2D eigenvalue weighted by molar-refractivity contribution is 9.10. The Labute approximate surface area is 99.3 Å². The lowest BCUT2D eigenvalue weighted by molar-refractivity contribution is 0.444. The van der Waals surface area contributed by atoms with E-state index in [1.165, 1.54) is 0 Å². The van der Waals surface area contributed by atoms with Crippen molar-refractivity contribution in [1.29, 1.82) is 0 Å². The maximum atomic E-state index is 11.3. The molecule has 0 bridgehead atoms. The summed E-state index contributed by atoms with van der Waals surface area (Å²) in [5.41, 5.74) is 0.366. The summed E-state index contributed by atoms with van der Waals surface area (Å²) in [6.07, 6.45) is 2.03. The molecule has 5 nitrogen and oxygen atoms in total. The van der Waals surface area contributed by atoms with E-state index in [2.05, 4.69) is 30.9 Å². The van der Waals surface area contributed by atoms with Gasteiger partial charge in [-0.05, 0) is 28.1 Å². The monoisotopic (exact) mass is 281 g/mol. The molecule has 0 amide bonds. The third-order valence-corrected chi connectivity index (χ3v) is 2.68. The number of hydrogen-bond acceptors (Lipinski definition) is 4. The van der Waals surface area contributed by atoms with Crippen LogP contribution in [0.4, 0.5) is 0 Å². The van der Waals surface area contributed by atoms with Crippen molar-refractivity contribution in [3.05, 3.63) is 50.7 Å². The van der Waals surface area contributed by atoms with E-state index in [0.717, 1.165) is 5.69 Å². The van der Waals surface area contributed by atoms with Gasteiger partial charge in [-0.2, -0.15) is 4.98 Å². The van der Waals surface area contributed by atoms with E-state index in [9.17, 15) is 9.90 Å². The Morgan fingerprint density at radius 2 is 2.25 bits per heavy atom. The highest BCUT2D eigenvalue weighted by Crippen LogP contribution is 2.15. The fraction of sp³-hybridized carbons (Fsp3) is 0.100. The van der Waals surface area contributed by atoms with Crippen molar-refractivity contribution in [2.45, 2.75) is 6.42 Å². The smallest absolute Gasteiger partial charge is 0.269 e. The molecule has 0 fully saturated rings. The molecule has 0 spiro atoms. The number of H-pyrrole nitrogens is 1. The molecule has 0 unspecified atom stereocenters. The zero-order valence-electron chi connectivity index (χ0n) is 8.14. The van der Waals surface area contributed by atoms with Gasteiger partial charge >= 0.3 is 0 Å². The number of aromatic amines is 1. The Kier molecular flexibility index (Phi) is 3.00. The topological polar surface area (TPSA) is 78.9 Å². The molecule has 2 N–H and O–H groups in total. The van der Waals surface area contributed by atoms with Gasteiger partial charge in [0, 0.05) is 18.3 Å². The molecule has 2 heterocycles. The first-order valence-electron chi connectivity index (χ1n) is 4.54. The Bertz CT molecular complexity index is 554. The molecular formula is C10H8BrN3O2. The number of rotatable bonds is 2. The largest absolute Gasteiger partial charge is 0.492 e. The summed E-state index contributed by atoms with van der Waals surface area (Å²) in [6, 6.07) is 5.47. The van der Waals surface area contributed by atoms with E-state index in [1.54, 1.807) is 12.3 Å². The summed E-state index contributed by atoms with van der Waals surface area (Å²) in [6.45, 7) is 0. The fourth-order valence-electron chi connectivity index (χ4n) is 1.25. The second-order valence-electron chi connectivity index (χ2n) is 3.15. The standard InChI is InChI=1S/C10H8BrN3O2/c11-8-9(15)13-7(14-10(8)16)5-6-3-1-2-4-12-6/h1-4H,5H2,(H2,13,14,15,16). The molecule has 0 aliphatic heterocycles. The van der Waals surface area contributed by atoms with Crippen LogP contribution in [0.3, 0.4) is 0 Å². The summed E-state index contributed by atoms with van der Waals surface area (Å²) >= 11 is 2.93. The highest BCUT2D eigenvalue weighted by Gasteiger charge is 2.08. The van der Waals surface area contributed by atoms with Gasteiger partial charge in [0.2, 0.25) is 5.88 Å². The number of aromatic hydroxyl groups is 1. The van der Waals surface area contributed by atoms with E-state index in [-0.39, 0.29) is 10.4 Å². The SMILES string of the molecule is O=c1[nH]c(Cc2ccccn2)nc(O)c1Br. The van der Waals surface area contributed by atoms with Crippen LogP contribution in [-0.2, 0) is 6.42 Å². The van der Waals surface area contributed by atoms with Gasteiger partial charge in [-0.1, -0.05) is 6.07 Å². The lowest BCUT2D eigenvalue weighted by Gasteiger charge is -2.01. The van der Waals surface area contributed by atoms with Crippen molar-refractivity contribution in [1.82, 2.24) is 15.0 Å². The van der Waals surface area contributed by atoms with E-state index in [0.29, 0.717) is 12.2 Å². The third-order valence-electron chi connectivity index (χ3n) is 1.97. The van der Waals surface area contributed by atoms with Crippen LogP contribution < -0.4 is 5.56 Å². The number of aromatic nitrogens is 3. The van der Waals surface area contributed by atoms with Crippen LogP contribution in [0.2, 0.25) is 0 Å². The van der Waals surface area contributed by atoms with Crippen LogP contribution in [0, 0.1) is 0 Å². The number of nitrogens with zero attached hydrogens (tertiary/aromatic N) is 2. The zero-order valence-corrected chi connectivity index (χ0v) is 9.73. The van der Waals surface area contributed by atoms with Crippen LogP contribution in [-0.4, -0.2) is 20.1 Å². The highest BCUT2D eigenvalue weighted by atomic mass is 79.9. The second-order valence-corrected chi connectivity index (χ2v) is 3.94. The molecule has 0 radical (unpaired) electrons. The number of nitrogens with one attached hydrogen (secondary N) is 1. The van der Waals surface area contributed by atoms with Gasteiger partial charge in [0.1, 0.15) is 10.3 Å². The van der Waals surface area contributed by atoms with Gasteiger partial charge in [0.05, 0.1) is 0 Å². The summed E-state index contributed by atoms with van der Waals surface area (Å²) < 4.78 is 0.0391. The van der Waals surface area contributed by atoms with Crippen molar-refractivity contribution < 1.29 is 5.11 Å². The predicted octanol–water partition coefficient (Wildman–Crippen LogP) is 1.22. The third kappa shape index (κ3) is 2.27. The van der Waals surface area contributed by atoms with Crippen molar-refractivity contribution in [2.24, 2.45) is 0 Å². The summed E-state index contributed by atoms with van der Waals surface area (Å²) in [7, 11) is 0. The van der Waals surface area contributed by atoms with Crippen LogP contribution in [0.5, 0.6) is 5.88 Å². The maximum Gasteiger partial charge on any atom is 0.269 e. The first kappa shape index (κ1) is 10.8. The van der Waals surface area contributed by atoms with Gasteiger partial charge in [-0.3, -0.25) is 9.78 Å². The minimum Gasteiger partial charge on any atom is -0.492 e. The maximum absolute atomic E-state index is 11.3. The first-order valence-corrected chi connectivity index (χ1v) is 5.33. The molecule has 2 aromatic rings. The second kappa shape index (κ2) is 4.44. The van der Waals surface area contributed by atoms with E-state index in [4.69, 9.17) is 0 Å². The van der Waals surface area contributed by atoms with Gasteiger partial charge in [0.25, 0.3) is 5.56 Å². The van der Waals surface area contributed by atoms with Crippen LogP contribution in [0.1, 0.15) is 11.5 Å². The van der Waals surface area contributed by atoms with Crippen LogP contribution >= 0.6 is 15.9 Å². The average Bonchev–Trinajstić information content (AvgIpc) is 2.27. The van der Waals surface area contributed by atoms with E-state index < -0.39 is 5.56 Å². The zero-order chi connectivity index (χ0) is 11.5. The number of hydrogen-bond donors (Lipinski definition) is 2. The number of pyridine rings is 1. The Morgan fingerprint density at radius 1 is 1.44 bits per heavy atom. The molecule has 16 heavy (non-hydrogen) atoms. The molecular weight excluding hydrogens is 274 g/mol. The van der Waals surface area contributed by atoms with Gasteiger partial charge in [-0.25, -0.2) is 0 Å². The lowest BCUT2D eigenvalue weighted by Crippen LogP contribution is -2.12.